The molecule has 0 amide bonds. The smallest absolute Gasteiger partial charge is 0.207 e. The third-order valence-corrected chi connectivity index (χ3v) is 2.60. The van der Waals surface area contributed by atoms with Crippen LogP contribution in [-0.2, 0) is 6.18 Å². The third-order valence-electron chi connectivity index (χ3n) is 2.60. The van der Waals surface area contributed by atoms with E-state index in [1.54, 1.807) is 6.07 Å². The van der Waals surface area contributed by atoms with Crippen LogP contribution >= 0.6 is 0 Å². The monoisotopic (exact) mass is 265 g/mol. The maximum Gasteiger partial charge on any atom is 0.416 e. The SMILES string of the molecule is N#Cc1cc(C(F)(F)F)ccc1-c1cccc(F)c1. The lowest BCUT2D eigenvalue weighted by molar-refractivity contribution is -0.137. The maximum absolute atomic E-state index is 13.1. The van der Waals surface area contributed by atoms with Crippen molar-refractivity contribution in [3.05, 3.63) is 59.4 Å². The van der Waals surface area contributed by atoms with Crippen LogP contribution in [0.4, 0.5) is 17.6 Å². The molecule has 0 aliphatic heterocycles. The van der Waals surface area contributed by atoms with Gasteiger partial charge in [0.25, 0.3) is 0 Å². The number of alkyl halides is 3. The number of nitriles is 1. The van der Waals surface area contributed by atoms with Gasteiger partial charge in [0, 0.05) is 0 Å². The molecule has 0 spiro atoms. The first-order chi connectivity index (χ1) is 8.91. The first kappa shape index (κ1) is 13.1. The molecular formula is C14H7F4N. The Bertz CT molecular complexity index is 653. The number of nitrogens with zero attached hydrogens (tertiary/aromatic N) is 1. The molecular weight excluding hydrogens is 258 g/mol. The summed E-state index contributed by atoms with van der Waals surface area (Å²) in [6.45, 7) is 0. The van der Waals surface area contributed by atoms with E-state index in [1.807, 2.05) is 0 Å². The van der Waals surface area contributed by atoms with Gasteiger partial charge >= 0.3 is 6.18 Å². The highest BCUT2D eigenvalue weighted by molar-refractivity contribution is 5.71. The molecule has 1 nitrogen and oxygen atoms in total. The van der Waals surface area contributed by atoms with Gasteiger partial charge in [-0.1, -0.05) is 18.2 Å². The van der Waals surface area contributed by atoms with E-state index >= 15 is 0 Å². The summed E-state index contributed by atoms with van der Waals surface area (Å²) >= 11 is 0. The number of benzene rings is 2. The molecule has 2 aromatic rings. The van der Waals surface area contributed by atoms with Gasteiger partial charge in [-0.2, -0.15) is 18.4 Å². The van der Waals surface area contributed by atoms with Crippen molar-refractivity contribution in [2.75, 3.05) is 0 Å². The van der Waals surface area contributed by atoms with Crippen molar-refractivity contribution in [2.45, 2.75) is 6.18 Å². The summed E-state index contributed by atoms with van der Waals surface area (Å²) < 4.78 is 50.7. The molecule has 0 aliphatic carbocycles. The number of rotatable bonds is 1. The van der Waals surface area contributed by atoms with Crippen LogP contribution < -0.4 is 0 Å². The first-order valence-corrected chi connectivity index (χ1v) is 5.29. The lowest BCUT2D eigenvalue weighted by Gasteiger charge is -2.10. The van der Waals surface area contributed by atoms with Gasteiger partial charge in [0.15, 0.2) is 0 Å². The van der Waals surface area contributed by atoms with E-state index in [0.29, 0.717) is 5.56 Å². The van der Waals surface area contributed by atoms with Crippen LogP contribution in [0.1, 0.15) is 11.1 Å². The molecule has 96 valence electrons. The largest absolute Gasteiger partial charge is 0.416 e. The normalized spacial score (nSPS) is 11.1. The summed E-state index contributed by atoms with van der Waals surface area (Å²) in [4.78, 5) is 0. The van der Waals surface area contributed by atoms with E-state index in [-0.39, 0.29) is 11.1 Å². The quantitative estimate of drug-likeness (QED) is 0.702. The molecule has 0 radical (unpaired) electrons. The summed E-state index contributed by atoms with van der Waals surface area (Å²) in [7, 11) is 0. The summed E-state index contributed by atoms with van der Waals surface area (Å²) in [5, 5.41) is 8.93. The molecule has 2 aromatic carbocycles. The van der Waals surface area contributed by atoms with Gasteiger partial charge in [-0.15, -0.1) is 0 Å². The lowest BCUT2D eigenvalue weighted by Crippen LogP contribution is -2.05. The fraction of sp³-hybridized carbons (Fsp3) is 0.0714. The van der Waals surface area contributed by atoms with Crippen LogP contribution in [0.25, 0.3) is 11.1 Å². The Morgan fingerprint density at radius 1 is 1.00 bits per heavy atom. The zero-order chi connectivity index (χ0) is 14.0. The number of hydrogen-bond acceptors (Lipinski definition) is 1. The standard InChI is InChI=1S/C14H7F4N/c15-12-3-1-2-9(7-12)13-5-4-11(14(16,17)18)6-10(13)8-19/h1-7H. The molecule has 0 saturated carbocycles. The van der Waals surface area contributed by atoms with Crippen molar-refractivity contribution in [2.24, 2.45) is 0 Å². The highest BCUT2D eigenvalue weighted by Gasteiger charge is 2.31. The van der Waals surface area contributed by atoms with Crippen LogP contribution in [0.15, 0.2) is 42.5 Å². The average Bonchev–Trinajstić information content (AvgIpc) is 2.37. The molecule has 0 fully saturated rings. The van der Waals surface area contributed by atoms with E-state index in [4.69, 9.17) is 5.26 Å². The highest BCUT2D eigenvalue weighted by atomic mass is 19.4. The molecule has 0 unspecified atom stereocenters. The van der Waals surface area contributed by atoms with Gasteiger partial charge in [0.2, 0.25) is 0 Å². The van der Waals surface area contributed by atoms with Gasteiger partial charge in [-0.25, -0.2) is 4.39 Å². The van der Waals surface area contributed by atoms with Crippen LogP contribution in [0.2, 0.25) is 0 Å². The predicted molar refractivity (Wildman–Crippen MR) is 61.6 cm³/mol. The predicted octanol–water partition coefficient (Wildman–Crippen LogP) is 4.38. The Morgan fingerprint density at radius 3 is 2.32 bits per heavy atom. The van der Waals surface area contributed by atoms with Gasteiger partial charge in [-0.3, -0.25) is 0 Å². The minimum atomic E-state index is -4.51. The Hall–Kier alpha value is -2.35. The molecule has 0 aromatic heterocycles. The van der Waals surface area contributed by atoms with E-state index in [2.05, 4.69) is 0 Å². The molecule has 0 aliphatic rings. The van der Waals surface area contributed by atoms with Crippen LogP contribution in [0, 0.1) is 17.1 Å². The number of hydrogen-bond donors (Lipinski definition) is 0. The van der Waals surface area contributed by atoms with Crippen molar-refractivity contribution in [1.82, 2.24) is 0 Å². The van der Waals surface area contributed by atoms with Crippen LogP contribution in [0.3, 0.4) is 0 Å². The molecule has 0 N–H and O–H groups in total. The van der Waals surface area contributed by atoms with Gasteiger partial charge in [0.1, 0.15) is 5.82 Å². The molecule has 0 saturated heterocycles. The molecule has 0 heterocycles. The van der Waals surface area contributed by atoms with Crippen molar-refractivity contribution in [3.63, 3.8) is 0 Å². The Labute approximate surface area is 106 Å². The number of halogens is 4. The minimum Gasteiger partial charge on any atom is -0.207 e. The Kier molecular flexibility index (Phi) is 3.26. The van der Waals surface area contributed by atoms with Gasteiger partial charge in [0.05, 0.1) is 17.2 Å². The van der Waals surface area contributed by atoms with Crippen LogP contribution in [-0.4, -0.2) is 0 Å². The maximum atomic E-state index is 13.1. The lowest BCUT2D eigenvalue weighted by atomic mass is 9.98. The molecule has 0 atom stereocenters. The zero-order valence-corrected chi connectivity index (χ0v) is 9.50. The second-order valence-electron chi connectivity index (χ2n) is 3.88. The Morgan fingerprint density at radius 2 is 1.74 bits per heavy atom. The minimum absolute atomic E-state index is 0.138. The molecule has 0 bridgehead atoms. The summed E-state index contributed by atoms with van der Waals surface area (Å²) in [5.41, 5.74) is -0.398. The first-order valence-electron chi connectivity index (χ1n) is 5.29. The molecule has 19 heavy (non-hydrogen) atoms. The second kappa shape index (κ2) is 4.73. The zero-order valence-electron chi connectivity index (χ0n) is 9.50. The van der Waals surface area contributed by atoms with E-state index in [0.717, 1.165) is 12.1 Å². The summed E-state index contributed by atoms with van der Waals surface area (Å²) in [5.74, 6) is -0.513. The van der Waals surface area contributed by atoms with Crippen molar-refractivity contribution in [3.8, 4) is 17.2 Å². The fourth-order valence-electron chi connectivity index (χ4n) is 1.72. The van der Waals surface area contributed by atoms with Gasteiger partial charge < -0.3 is 0 Å². The van der Waals surface area contributed by atoms with Crippen molar-refractivity contribution in [1.29, 1.82) is 5.26 Å². The van der Waals surface area contributed by atoms with Crippen molar-refractivity contribution >= 4 is 0 Å². The highest BCUT2D eigenvalue weighted by Crippen LogP contribution is 2.33. The summed E-state index contributed by atoms with van der Waals surface area (Å²) in [6, 6.07) is 9.88. The topological polar surface area (TPSA) is 23.8 Å². The fourth-order valence-corrected chi connectivity index (χ4v) is 1.72. The van der Waals surface area contributed by atoms with Crippen molar-refractivity contribution < 1.29 is 17.6 Å². The third kappa shape index (κ3) is 2.74. The van der Waals surface area contributed by atoms with Gasteiger partial charge in [-0.05, 0) is 35.4 Å². The van der Waals surface area contributed by atoms with E-state index in [9.17, 15) is 17.6 Å². The molecule has 5 heteroatoms. The molecule has 2 rings (SSSR count). The van der Waals surface area contributed by atoms with Crippen LogP contribution in [0.5, 0.6) is 0 Å². The summed E-state index contributed by atoms with van der Waals surface area (Å²) in [6.07, 6.45) is -4.51. The van der Waals surface area contributed by atoms with E-state index in [1.165, 1.54) is 30.3 Å². The Balaban J connectivity index is 2.57. The average molecular weight is 265 g/mol. The second-order valence-corrected chi connectivity index (χ2v) is 3.88. The van der Waals surface area contributed by atoms with E-state index < -0.39 is 17.6 Å².